The standard InChI is InChI=1S/C9H14BO6.C8H14BN2O4.C8H12BO6.C6H4BO2.C6H12BO2.C5H10BO2.C4H10BO2.C3H6BO2/c1-4-13-8(11)6-7(16-10-15-6)9(12)14-5(2)3;1-10(2)7(12)5-6(15-9-14-5)8(13)11(3)4;1-3-12-7(10)5-6(15-9-14-5)8(11)13-4-2;1-2-4-6-5(3-1)8-7-9-6;1-5(2)6(3,4)9-7-8-5;1-5(2)3-7-6-8-4-5;1-3-6-5-7-4-2;1-2-5-4-6-3-1/h5-7H,4H2,1-3H3;5-6H,1-4H3;5-6H,3-4H2,1-2H3;1-4H;1-4H3;3-4H2,1-2H3;3-4H2,1-2H3;1-3H2. The van der Waals surface area contributed by atoms with E-state index in [1.165, 1.54) is 48.2 Å². The van der Waals surface area contributed by atoms with Gasteiger partial charge in [0.15, 0.2) is 36.6 Å². The average Bonchev–Trinajstić information content (AvgIpc) is 3.60. The molecule has 8 rings (SSSR count). The number of carbonyl (C=O) groups is 6. The van der Waals surface area contributed by atoms with E-state index >= 15 is 0 Å². The molecule has 28 nitrogen and oxygen atoms in total. The Labute approximate surface area is 506 Å². The van der Waals surface area contributed by atoms with Gasteiger partial charge in [-0.15, -0.1) is 0 Å². The van der Waals surface area contributed by atoms with Gasteiger partial charge >= 0.3 is 85.4 Å². The van der Waals surface area contributed by atoms with Crippen molar-refractivity contribution < 1.29 is 122 Å². The fourth-order valence-corrected chi connectivity index (χ4v) is 5.94. The Kier molecular flexibility index (Phi) is 40.0. The Balaban J connectivity index is 0.000000496. The molecule has 0 aliphatic carbocycles. The Bertz CT molecular complexity index is 1960. The third-order valence-corrected chi connectivity index (χ3v) is 11.1. The Morgan fingerprint density at radius 1 is 0.506 bits per heavy atom. The second kappa shape index (κ2) is 43.3. The van der Waals surface area contributed by atoms with Crippen LogP contribution in [0.15, 0.2) is 24.3 Å². The zero-order chi connectivity index (χ0) is 64.0. The third kappa shape index (κ3) is 30.9. The molecule has 468 valence electrons. The van der Waals surface area contributed by atoms with Crippen molar-refractivity contribution in [1.82, 2.24) is 9.80 Å². The maximum atomic E-state index is 11.6. The molecule has 0 spiro atoms. The molecule has 7 aliphatic rings. The molecule has 0 bridgehead atoms. The fraction of sp³-hybridized carbons (Fsp3) is 0.755. The lowest BCUT2D eigenvalue weighted by Crippen LogP contribution is -2.47. The molecular formula is C49H82B8N2O26. The number of hydrogen-bond donors (Lipinski definition) is 0. The molecule has 6 atom stereocenters. The number of rotatable bonds is 14. The molecule has 1 aromatic rings. The summed E-state index contributed by atoms with van der Waals surface area (Å²) in [7, 11) is 16.2. The monoisotopic (exact) mass is 1200 g/mol. The smallest absolute Gasteiger partial charge is 0.524 e. The molecule has 7 heterocycles. The topological polar surface area (TPSA) is 294 Å². The van der Waals surface area contributed by atoms with Gasteiger partial charge in [-0.3, -0.25) is 9.59 Å². The van der Waals surface area contributed by atoms with Crippen LogP contribution in [0.25, 0.3) is 0 Å². The van der Waals surface area contributed by atoms with Crippen molar-refractivity contribution in [2.75, 3.05) is 87.7 Å². The highest BCUT2D eigenvalue weighted by Crippen LogP contribution is 2.33. The van der Waals surface area contributed by atoms with Gasteiger partial charge in [0.25, 0.3) is 11.8 Å². The normalized spacial score (nSPS) is 22.5. The van der Waals surface area contributed by atoms with Crippen molar-refractivity contribution in [3.05, 3.63) is 24.3 Å². The van der Waals surface area contributed by atoms with Crippen LogP contribution >= 0.6 is 0 Å². The van der Waals surface area contributed by atoms with Crippen LogP contribution in [0.2, 0.25) is 0 Å². The molecule has 2 amide bonds. The minimum absolute atomic E-state index is 0.187. The summed E-state index contributed by atoms with van der Waals surface area (Å²) in [6.45, 7) is 29.7. The first-order chi connectivity index (χ1) is 40.3. The highest BCUT2D eigenvalue weighted by Gasteiger charge is 2.46. The highest BCUT2D eigenvalue weighted by atomic mass is 16.7. The Hall–Kier alpha value is -4.40. The van der Waals surface area contributed by atoms with Gasteiger partial charge in [0.1, 0.15) is 11.5 Å². The molecule has 8 radical (unpaired) electrons. The summed E-state index contributed by atoms with van der Waals surface area (Å²) in [6, 6.07) is 7.53. The van der Waals surface area contributed by atoms with E-state index in [-0.39, 0.29) is 54.4 Å². The van der Waals surface area contributed by atoms with E-state index in [1.807, 2.05) is 65.8 Å². The second-order valence-electron chi connectivity index (χ2n) is 20.0. The summed E-state index contributed by atoms with van der Waals surface area (Å²) < 4.78 is 97.5. The van der Waals surface area contributed by atoms with E-state index in [2.05, 4.69) is 13.8 Å². The summed E-state index contributed by atoms with van der Waals surface area (Å²) in [6.07, 6.45) is -5.30. The Morgan fingerprint density at radius 3 is 1.12 bits per heavy atom. The number of carbonyl (C=O) groups excluding carboxylic acids is 6. The van der Waals surface area contributed by atoms with Crippen molar-refractivity contribution in [2.45, 2.75) is 150 Å². The van der Waals surface area contributed by atoms with Gasteiger partial charge < -0.3 is 103 Å². The molecule has 0 aromatic heterocycles. The molecule has 7 aliphatic heterocycles. The van der Waals surface area contributed by atoms with Gasteiger partial charge in [0.2, 0.25) is 0 Å². The zero-order valence-electron chi connectivity index (χ0n) is 52.0. The molecule has 0 N–H and O–H groups in total. The van der Waals surface area contributed by atoms with Crippen LogP contribution in [-0.4, -0.2) is 249 Å². The van der Waals surface area contributed by atoms with Crippen LogP contribution in [0.3, 0.4) is 0 Å². The van der Waals surface area contributed by atoms with Crippen molar-refractivity contribution >= 4 is 97.2 Å². The predicted octanol–water partition coefficient (Wildman–Crippen LogP) is 0.992. The highest BCUT2D eigenvalue weighted by molar-refractivity contribution is 6.23. The first-order valence-electron chi connectivity index (χ1n) is 27.3. The molecule has 1 aromatic carbocycles. The number of amides is 2. The molecule has 85 heavy (non-hydrogen) atoms. The van der Waals surface area contributed by atoms with Gasteiger partial charge in [-0.05, 0) is 94.7 Å². The number of fused-ring (bicyclic) bond motifs is 1. The lowest BCUT2D eigenvalue weighted by atomic mass is 9.90. The fourth-order valence-electron chi connectivity index (χ4n) is 5.94. The maximum Gasteiger partial charge on any atom is 0.658 e. The molecule has 6 saturated heterocycles. The van der Waals surface area contributed by atoms with Crippen molar-refractivity contribution in [1.29, 1.82) is 0 Å². The SMILES string of the molecule is CC1(C)CO[B]OC1.CC1(C)O[B]OC1(C)C.CCOC(=O)C1O[B]OC1C(=O)OC(C)C.CCOC(=O)C1O[B]OC1C(=O)OCC.CCO[B]OCC.CN(C)C(=O)C1O[B]OC1C(=O)N(C)C.[B]1OCCCO1.[B]1Oc2ccccc2O1. The van der Waals surface area contributed by atoms with Crippen LogP contribution in [0, 0.1) is 5.41 Å². The molecule has 36 heteroatoms. The number of para-hydroxylation sites is 2. The van der Waals surface area contributed by atoms with Gasteiger partial charge in [-0.25, -0.2) is 19.2 Å². The van der Waals surface area contributed by atoms with Gasteiger partial charge in [-0.2, -0.15) is 0 Å². The van der Waals surface area contributed by atoms with E-state index < -0.39 is 60.5 Å². The number of nitrogens with zero attached hydrogens (tertiary/aromatic N) is 2. The van der Waals surface area contributed by atoms with E-state index in [4.69, 9.17) is 93.4 Å². The van der Waals surface area contributed by atoms with E-state index in [0.717, 1.165) is 67.4 Å². The van der Waals surface area contributed by atoms with E-state index in [0.29, 0.717) is 13.2 Å². The number of ether oxygens (including phenoxy) is 4. The van der Waals surface area contributed by atoms with Gasteiger partial charge in [-0.1, -0.05) is 26.0 Å². The van der Waals surface area contributed by atoms with Crippen LogP contribution in [0.5, 0.6) is 11.5 Å². The van der Waals surface area contributed by atoms with Crippen LogP contribution < -0.4 is 9.31 Å². The lowest BCUT2D eigenvalue weighted by molar-refractivity contribution is -0.165. The van der Waals surface area contributed by atoms with E-state index in [9.17, 15) is 28.8 Å². The number of benzene rings is 1. The van der Waals surface area contributed by atoms with Crippen molar-refractivity contribution in [3.63, 3.8) is 0 Å². The van der Waals surface area contributed by atoms with Gasteiger partial charge in [0.05, 0.1) is 37.1 Å². The first kappa shape index (κ1) is 78.6. The van der Waals surface area contributed by atoms with Crippen LogP contribution in [-0.2, 0) is 113 Å². The number of esters is 4. The van der Waals surface area contributed by atoms with Gasteiger partial charge in [0, 0.05) is 73.2 Å². The summed E-state index contributed by atoms with van der Waals surface area (Å²) >= 11 is 0. The predicted molar refractivity (Wildman–Crippen MR) is 307 cm³/mol. The van der Waals surface area contributed by atoms with Crippen LogP contribution in [0.4, 0.5) is 0 Å². The van der Waals surface area contributed by atoms with Crippen LogP contribution in [0.1, 0.15) is 96.4 Å². The lowest BCUT2D eigenvalue weighted by Gasteiger charge is -2.32. The summed E-state index contributed by atoms with van der Waals surface area (Å²) in [5.74, 6) is -1.54. The summed E-state index contributed by atoms with van der Waals surface area (Å²) in [5.41, 5.74) is -0.172. The van der Waals surface area contributed by atoms with E-state index in [1.54, 1.807) is 62.8 Å². The number of hydrogen-bond acceptors (Lipinski definition) is 26. The largest absolute Gasteiger partial charge is 0.658 e. The zero-order valence-corrected chi connectivity index (χ0v) is 52.0. The minimum Gasteiger partial charge on any atom is -0.524 e. The summed E-state index contributed by atoms with van der Waals surface area (Å²) in [4.78, 5) is 71.5. The maximum absolute atomic E-state index is 11.6. The average molecular weight is 1200 g/mol. The molecule has 0 saturated carbocycles. The Morgan fingerprint density at radius 2 is 0.859 bits per heavy atom. The molecule has 6 unspecified atom stereocenters. The van der Waals surface area contributed by atoms with Crippen molar-refractivity contribution in [2.24, 2.45) is 5.41 Å². The third-order valence-electron chi connectivity index (χ3n) is 11.1. The van der Waals surface area contributed by atoms with Crippen molar-refractivity contribution in [3.8, 4) is 11.5 Å². The number of likely N-dealkylation sites (N-methyl/N-ethyl adjacent to an activating group) is 2. The minimum atomic E-state index is -1.08. The second-order valence-corrected chi connectivity index (χ2v) is 20.0. The summed E-state index contributed by atoms with van der Waals surface area (Å²) in [5, 5.41) is 0. The molecule has 6 fully saturated rings. The quantitative estimate of drug-likeness (QED) is 0.109. The molecular weight excluding hydrogens is 1120 g/mol. The first-order valence-corrected chi connectivity index (χ1v) is 27.3.